The Morgan fingerprint density at radius 3 is 2.16 bits per heavy atom. The molecule has 1 unspecified atom stereocenters. The molecular formula is C23H23FN4O3. The van der Waals surface area contributed by atoms with Crippen LogP contribution in [0.25, 0.3) is 0 Å². The highest BCUT2D eigenvalue weighted by Crippen LogP contribution is 2.46. The van der Waals surface area contributed by atoms with Crippen LogP contribution in [-0.4, -0.2) is 50.8 Å². The number of aliphatic hydroxyl groups is 1. The number of nitrogens with zero attached hydrogens (tertiary/aromatic N) is 3. The molecule has 3 heterocycles. The second-order valence-corrected chi connectivity index (χ2v) is 7.71. The molecule has 1 aromatic carbocycles. The van der Waals surface area contributed by atoms with E-state index in [-0.39, 0.29) is 11.7 Å². The van der Waals surface area contributed by atoms with Gasteiger partial charge >= 0.3 is 6.09 Å². The second kappa shape index (κ2) is 8.79. The predicted molar refractivity (Wildman–Crippen MR) is 112 cm³/mol. The molecule has 1 aliphatic heterocycles. The zero-order valence-corrected chi connectivity index (χ0v) is 16.7. The molecule has 0 radical (unpaired) electrons. The molecule has 160 valence electrons. The van der Waals surface area contributed by atoms with Crippen molar-refractivity contribution >= 4 is 6.09 Å². The fraction of sp³-hybridized carbons (Fsp3) is 0.261. The largest absolute Gasteiger partial charge is 0.465 e. The lowest BCUT2D eigenvalue weighted by Crippen LogP contribution is -2.57. The van der Waals surface area contributed by atoms with Crippen LogP contribution in [0.2, 0.25) is 0 Å². The van der Waals surface area contributed by atoms with Gasteiger partial charge in [0.05, 0.1) is 6.04 Å². The number of pyridine rings is 2. The summed E-state index contributed by atoms with van der Waals surface area (Å²) in [5, 5.41) is 23.5. The molecule has 3 N–H and O–H groups in total. The predicted octanol–water partition coefficient (Wildman–Crippen LogP) is 2.79. The molecule has 1 aliphatic rings. The number of likely N-dealkylation sites (tertiary alicyclic amines) is 1. The number of carbonyl (C=O) groups is 1. The summed E-state index contributed by atoms with van der Waals surface area (Å²) < 4.78 is 13.7. The van der Waals surface area contributed by atoms with Gasteiger partial charge in [-0.3, -0.25) is 14.9 Å². The lowest BCUT2D eigenvalue weighted by molar-refractivity contribution is -0.0669. The van der Waals surface area contributed by atoms with E-state index in [1.54, 1.807) is 61.2 Å². The number of hydrogen-bond donors (Lipinski definition) is 3. The van der Waals surface area contributed by atoms with Gasteiger partial charge in [-0.2, -0.15) is 0 Å². The molecule has 3 aromatic rings. The van der Waals surface area contributed by atoms with Gasteiger partial charge in [0.1, 0.15) is 11.4 Å². The van der Waals surface area contributed by atoms with E-state index >= 15 is 0 Å². The number of carboxylic acid groups (broad SMARTS) is 1. The summed E-state index contributed by atoms with van der Waals surface area (Å²) in [4.78, 5) is 21.3. The van der Waals surface area contributed by atoms with E-state index in [1.807, 2.05) is 0 Å². The lowest BCUT2D eigenvalue weighted by atomic mass is 9.75. The molecule has 1 atom stereocenters. The van der Waals surface area contributed by atoms with Crippen molar-refractivity contribution in [1.29, 1.82) is 0 Å². The van der Waals surface area contributed by atoms with Gasteiger partial charge in [0, 0.05) is 61.5 Å². The molecule has 1 fully saturated rings. The standard InChI is InChI=1S/C23H23FN4O3/c24-20-7-5-17(6-8-20)21(28-14-16(15-28)11-27-22(29)30)23(31,18-3-1-9-25-12-18)19-4-2-10-26-13-19/h1-10,12-13,16,21,27,31H,11,14-15H2,(H,29,30). The van der Waals surface area contributed by atoms with Gasteiger partial charge in [0.2, 0.25) is 0 Å². The van der Waals surface area contributed by atoms with Crippen LogP contribution in [0.4, 0.5) is 9.18 Å². The first-order chi connectivity index (χ1) is 15.0. The van der Waals surface area contributed by atoms with Crippen LogP contribution in [0.1, 0.15) is 22.7 Å². The Kier molecular flexibility index (Phi) is 5.92. The van der Waals surface area contributed by atoms with Crippen LogP contribution in [-0.2, 0) is 5.60 Å². The minimum Gasteiger partial charge on any atom is -0.465 e. The average molecular weight is 422 g/mol. The lowest BCUT2D eigenvalue weighted by Gasteiger charge is -2.50. The zero-order chi connectivity index (χ0) is 21.8. The SMILES string of the molecule is O=C(O)NCC1CN(C(c2ccc(F)cc2)C(O)(c2cccnc2)c2cccnc2)C1. The molecule has 0 aliphatic carbocycles. The Balaban J connectivity index is 1.76. The van der Waals surface area contributed by atoms with E-state index in [9.17, 15) is 14.3 Å². The Hall–Kier alpha value is -3.36. The highest BCUT2D eigenvalue weighted by Gasteiger charge is 2.48. The zero-order valence-electron chi connectivity index (χ0n) is 16.7. The minimum absolute atomic E-state index is 0.117. The van der Waals surface area contributed by atoms with E-state index in [2.05, 4.69) is 20.2 Å². The quantitative estimate of drug-likeness (QED) is 0.542. The molecule has 7 nitrogen and oxygen atoms in total. The van der Waals surface area contributed by atoms with Crippen molar-refractivity contribution in [2.75, 3.05) is 19.6 Å². The maximum atomic E-state index is 13.7. The van der Waals surface area contributed by atoms with Gasteiger partial charge in [-0.1, -0.05) is 24.3 Å². The Labute approximate surface area is 179 Å². The van der Waals surface area contributed by atoms with Gasteiger partial charge in [0.25, 0.3) is 0 Å². The molecule has 4 rings (SSSR count). The summed E-state index contributed by atoms with van der Waals surface area (Å²) in [6.07, 6.45) is 5.45. The van der Waals surface area contributed by atoms with E-state index in [4.69, 9.17) is 5.11 Å². The third-order valence-electron chi connectivity index (χ3n) is 5.68. The van der Waals surface area contributed by atoms with Gasteiger partial charge in [-0.05, 0) is 29.8 Å². The summed E-state index contributed by atoms with van der Waals surface area (Å²) in [5.74, 6) is -0.243. The van der Waals surface area contributed by atoms with E-state index in [0.717, 1.165) is 5.56 Å². The van der Waals surface area contributed by atoms with Crippen molar-refractivity contribution in [3.8, 4) is 0 Å². The first-order valence-electron chi connectivity index (χ1n) is 9.98. The first-order valence-corrected chi connectivity index (χ1v) is 9.98. The van der Waals surface area contributed by atoms with Crippen molar-refractivity contribution in [2.24, 2.45) is 5.92 Å². The first kappa shape index (κ1) is 20.9. The van der Waals surface area contributed by atoms with Crippen molar-refractivity contribution in [3.05, 3.63) is 95.8 Å². The molecule has 2 aromatic heterocycles. The van der Waals surface area contributed by atoms with Crippen LogP contribution >= 0.6 is 0 Å². The molecular weight excluding hydrogens is 399 g/mol. The fourth-order valence-corrected chi connectivity index (χ4v) is 4.20. The summed E-state index contributed by atoms with van der Waals surface area (Å²) in [7, 11) is 0. The van der Waals surface area contributed by atoms with Gasteiger partial charge in [-0.15, -0.1) is 0 Å². The number of halogens is 1. The molecule has 0 saturated carbocycles. The number of nitrogens with one attached hydrogen (secondary N) is 1. The molecule has 1 saturated heterocycles. The Morgan fingerprint density at radius 2 is 1.68 bits per heavy atom. The normalized spacial score (nSPS) is 15.8. The number of hydrogen-bond acceptors (Lipinski definition) is 5. The topological polar surface area (TPSA) is 98.6 Å². The molecule has 31 heavy (non-hydrogen) atoms. The smallest absolute Gasteiger partial charge is 0.404 e. The van der Waals surface area contributed by atoms with Crippen molar-refractivity contribution < 1.29 is 19.4 Å². The van der Waals surface area contributed by atoms with Crippen LogP contribution < -0.4 is 5.32 Å². The summed E-state index contributed by atoms with van der Waals surface area (Å²) in [6.45, 7) is 1.48. The maximum absolute atomic E-state index is 13.7. The third-order valence-corrected chi connectivity index (χ3v) is 5.68. The highest BCUT2D eigenvalue weighted by atomic mass is 19.1. The highest BCUT2D eigenvalue weighted by molar-refractivity contribution is 5.64. The molecule has 0 spiro atoms. The van der Waals surface area contributed by atoms with Crippen LogP contribution in [0.3, 0.4) is 0 Å². The summed E-state index contributed by atoms with van der Waals surface area (Å²) in [5.41, 5.74) is 0.404. The van der Waals surface area contributed by atoms with Crippen molar-refractivity contribution in [1.82, 2.24) is 20.2 Å². The van der Waals surface area contributed by atoms with E-state index in [0.29, 0.717) is 30.8 Å². The van der Waals surface area contributed by atoms with E-state index < -0.39 is 17.7 Å². The van der Waals surface area contributed by atoms with Gasteiger partial charge in [0.15, 0.2) is 0 Å². The van der Waals surface area contributed by atoms with E-state index in [1.165, 1.54) is 12.1 Å². The number of amides is 1. The van der Waals surface area contributed by atoms with Gasteiger partial charge in [-0.25, -0.2) is 9.18 Å². The third kappa shape index (κ3) is 4.26. The van der Waals surface area contributed by atoms with Crippen molar-refractivity contribution in [2.45, 2.75) is 11.6 Å². The fourth-order valence-electron chi connectivity index (χ4n) is 4.20. The number of benzene rings is 1. The van der Waals surface area contributed by atoms with Crippen LogP contribution in [0.15, 0.2) is 73.3 Å². The molecule has 8 heteroatoms. The maximum Gasteiger partial charge on any atom is 0.404 e. The Bertz CT molecular complexity index is 973. The van der Waals surface area contributed by atoms with Gasteiger partial charge < -0.3 is 15.5 Å². The van der Waals surface area contributed by atoms with Crippen LogP contribution in [0, 0.1) is 11.7 Å². The number of rotatable bonds is 7. The summed E-state index contributed by atoms with van der Waals surface area (Å²) >= 11 is 0. The molecule has 0 bridgehead atoms. The monoisotopic (exact) mass is 422 g/mol. The van der Waals surface area contributed by atoms with Crippen molar-refractivity contribution in [3.63, 3.8) is 0 Å². The average Bonchev–Trinajstić information content (AvgIpc) is 2.77. The second-order valence-electron chi connectivity index (χ2n) is 7.71. The molecule has 1 amide bonds. The Morgan fingerprint density at radius 1 is 1.10 bits per heavy atom. The number of aromatic nitrogens is 2. The van der Waals surface area contributed by atoms with Crippen LogP contribution in [0.5, 0.6) is 0 Å². The summed E-state index contributed by atoms with van der Waals surface area (Å²) in [6, 6.07) is 12.7. The minimum atomic E-state index is -1.51.